The van der Waals surface area contributed by atoms with E-state index in [0.717, 1.165) is 36.7 Å². The molecule has 0 aliphatic carbocycles. The fourth-order valence-electron chi connectivity index (χ4n) is 3.20. The first-order chi connectivity index (χ1) is 13.3. The number of nitrogens with zero attached hydrogens (tertiary/aromatic N) is 2. The molecule has 1 aromatic heterocycles. The molecular weight excluding hydrogens is 364 g/mol. The minimum atomic E-state index is 0.336. The van der Waals surface area contributed by atoms with Gasteiger partial charge in [-0.3, -0.25) is 0 Å². The second-order valence-corrected chi connectivity index (χ2v) is 8.61. The fraction of sp³-hybridized carbons (Fsp3) is 0.348. The summed E-state index contributed by atoms with van der Waals surface area (Å²) in [6, 6.07) is 9.16. The molecule has 5 heteroatoms. The highest BCUT2D eigenvalue weighted by Gasteiger charge is 2.17. The van der Waals surface area contributed by atoms with Gasteiger partial charge in [0, 0.05) is 35.6 Å². The molecule has 4 N–H and O–H groups in total. The van der Waals surface area contributed by atoms with E-state index in [2.05, 4.69) is 73.8 Å². The van der Waals surface area contributed by atoms with Gasteiger partial charge in [0.05, 0.1) is 0 Å². The lowest BCUT2D eigenvalue weighted by Gasteiger charge is -2.31. The first-order valence-corrected chi connectivity index (χ1v) is 10.4. The Kier molecular flexibility index (Phi) is 8.15. The molecule has 0 unspecified atom stereocenters. The maximum atomic E-state index is 6.03. The van der Waals surface area contributed by atoms with Crippen LogP contribution in [0.4, 0.5) is 5.82 Å². The van der Waals surface area contributed by atoms with Gasteiger partial charge in [-0.15, -0.1) is 0 Å². The van der Waals surface area contributed by atoms with Gasteiger partial charge in [-0.1, -0.05) is 42.6 Å². The summed E-state index contributed by atoms with van der Waals surface area (Å²) in [5.41, 5.74) is 13.2. The monoisotopic (exact) mass is 396 g/mol. The fourth-order valence-corrected chi connectivity index (χ4v) is 3.99. The summed E-state index contributed by atoms with van der Waals surface area (Å²) in [5, 5.41) is 2.41. The van der Waals surface area contributed by atoms with Gasteiger partial charge in [-0.2, -0.15) is 0 Å². The van der Waals surface area contributed by atoms with E-state index in [1.54, 1.807) is 11.8 Å². The van der Waals surface area contributed by atoms with Crippen molar-refractivity contribution in [3.8, 4) is 0 Å². The first kappa shape index (κ1) is 22.1. The molecule has 1 saturated heterocycles. The van der Waals surface area contributed by atoms with Crippen LogP contribution in [0.5, 0.6) is 0 Å². The van der Waals surface area contributed by atoms with Crippen molar-refractivity contribution in [2.24, 2.45) is 11.5 Å². The molecule has 0 bridgehead atoms. The molecule has 1 aliphatic heterocycles. The van der Waals surface area contributed by atoms with Crippen LogP contribution in [-0.4, -0.2) is 24.1 Å². The second kappa shape index (κ2) is 10.3. The highest BCUT2D eigenvalue weighted by atomic mass is 32.2. The summed E-state index contributed by atoms with van der Waals surface area (Å²) in [6.45, 7) is 15.5. The zero-order chi connectivity index (χ0) is 20.7. The zero-order valence-corrected chi connectivity index (χ0v) is 18.1. The molecular formula is C23H32N4S. The zero-order valence-electron chi connectivity index (χ0n) is 17.2. The Morgan fingerprint density at radius 2 is 1.82 bits per heavy atom. The molecule has 28 heavy (non-hydrogen) atoms. The molecule has 4 nitrogen and oxygen atoms in total. The molecule has 3 rings (SSSR count). The number of fused-ring (bicyclic) bond motifs is 1. The van der Waals surface area contributed by atoms with Gasteiger partial charge < -0.3 is 16.4 Å². The number of pyridine rings is 1. The van der Waals surface area contributed by atoms with Gasteiger partial charge in [-0.05, 0) is 67.8 Å². The average molecular weight is 397 g/mol. The minimum Gasteiger partial charge on any atom is -0.405 e. The minimum absolute atomic E-state index is 0.336. The largest absolute Gasteiger partial charge is 0.405 e. The Bertz CT molecular complexity index is 860. The Morgan fingerprint density at radius 3 is 2.39 bits per heavy atom. The van der Waals surface area contributed by atoms with Crippen LogP contribution in [0.3, 0.4) is 0 Å². The van der Waals surface area contributed by atoms with Crippen molar-refractivity contribution in [1.29, 1.82) is 0 Å². The number of benzene rings is 1. The van der Waals surface area contributed by atoms with Crippen molar-refractivity contribution in [3.05, 3.63) is 65.9 Å². The van der Waals surface area contributed by atoms with Crippen LogP contribution in [0.25, 0.3) is 15.7 Å². The van der Waals surface area contributed by atoms with Crippen molar-refractivity contribution in [2.75, 3.05) is 18.0 Å². The SMILES string of the molecule is C=C(C)SC(=C(C)C)c1ccc2cnc(N3CCC(N)CC3)cc2c1.C=CN. The Balaban J connectivity index is 0.000000878. The highest BCUT2D eigenvalue weighted by molar-refractivity contribution is 8.11. The normalized spacial score (nSPS) is 14.2. The van der Waals surface area contributed by atoms with Gasteiger partial charge >= 0.3 is 0 Å². The number of piperidine rings is 1. The molecule has 2 aromatic rings. The third-order valence-corrected chi connectivity index (χ3v) is 5.76. The molecule has 2 heterocycles. The molecule has 0 atom stereocenters. The highest BCUT2D eigenvalue weighted by Crippen LogP contribution is 2.36. The van der Waals surface area contributed by atoms with E-state index in [-0.39, 0.29) is 0 Å². The molecule has 150 valence electrons. The van der Waals surface area contributed by atoms with E-state index < -0.39 is 0 Å². The summed E-state index contributed by atoms with van der Waals surface area (Å²) in [5.74, 6) is 1.06. The maximum absolute atomic E-state index is 6.03. The number of allylic oxidation sites excluding steroid dienone is 2. The van der Waals surface area contributed by atoms with Crippen LogP contribution in [0, 0.1) is 0 Å². The van der Waals surface area contributed by atoms with E-state index in [1.165, 1.54) is 33.0 Å². The molecule has 0 amide bonds. The van der Waals surface area contributed by atoms with Gasteiger partial charge in [0.2, 0.25) is 0 Å². The number of hydrogen-bond donors (Lipinski definition) is 2. The Morgan fingerprint density at radius 1 is 1.18 bits per heavy atom. The molecule has 0 spiro atoms. The summed E-state index contributed by atoms with van der Waals surface area (Å²) in [7, 11) is 0. The predicted octanol–water partition coefficient (Wildman–Crippen LogP) is 5.27. The number of anilines is 1. The number of rotatable bonds is 4. The van der Waals surface area contributed by atoms with Gasteiger partial charge in [0.1, 0.15) is 5.82 Å². The van der Waals surface area contributed by atoms with Gasteiger partial charge in [0.25, 0.3) is 0 Å². The average Bonchev–Trinajstić information content (AvgIpc) is 2.66. The van der Waals surface area contributed by atoms with Crippen LogP contribution in [0.1, 0.15) is 39.2 Å². The van der Waals surface area contributed by atoms with Gasteiger partial charge in [-0.25, -0.2) is 4.98 Å². The lowest BCUT2D eigenvalue weighted by molar-refractivity contribution is 0.499. The smallest absolute Gasteiger partial charge is 0.129 e. The van der Waals surface area contributed by atoms with E-state index in [0.29, 0.717) is 6.04 Å². The van der Waals surface area contributed by atoms with Crippen LogP contribution >= 0.6 is 11.8 Å². The summed E-state index contributed by atoms with van der Waals surface area (Å²) in [4.78, 5) is 9.41. The molecule has 0 saturated carbocycles. The lowest BCUT2D eigenvalue weighted by Crippen LogP contribution is -2.40. The molecule has 1 fully saturated rings. The summed E-state index contributed by atoms with van der Waals surface area (Å²) < 4.78 is 0. The van der Waals surface area contributed by atoms with E-state index in [9.17, 15) is 0 Å². The third-order valence-electron chi connectivity index (χ3n) is 4.56. The quantitative estimate of drug-likeness (QED) is 0.737. The number of hydrogen-bond acceptors (Lipinski definition) is 5. The number of aromatic nitrogens is 1. The van der Waals surface area contributed by atoms with Crippen molar-refractivity contribution >= 4 is 33.3 Å². The molecule has 1 aromatic carbocycles. The predicted molar refractivity (Wildman–Crippen MR) is 126 cm³/mol. The van der Waals surface area contributed by atoms with Crippen LogP contribution in [-0.2, 0) is 0 Å². The van der Waals surface area contributed by atoms with Crippen molar-refractivity contribution in [1.82, 2.24) is 4.98 Å². The standard InChI is InChI=1S/C21H27N3S.C2H5N/c1-14(2)21(25-15(3)4)16-5-6-17-13-23-20(12-18(17)11-16)24-9-7-19(22)8-10-24;1-2-3/h5-6,11-13,19H,3,7-10,22H2,1-2,4H3;2H,1,3H2. The van der Waals surface area contributed by atoms with Crippen molar-refractivity contribution < 1.29 is 0 Å². The van der Waals surface area contributed by atoms with Crippen LogP contribution in [0.15, 0.2) is 60.3 Å². The third kappa shape index (κ3) is 5.88. The number of thioether (sulfide) groups is 1. The van der Waals surface area contributed by atoms with Crippen LogP contribution < -0.4 is 16.4 Å². The topological polar surface area (TPSA) is 68.2 Å². The Hall–Kier alpha value is -2.24. The van der Waals surface area contributed by atoms with E-state index in [1.807, 2.05) is 6.20 Å². The number of nitrogens with two attached hydrogens (primary N) is 2. The molecule has 1 aliphatic rings. The van der Waals surface area contributed by atoms with E-state index >= 15 is 0 Å². The summed E-state index contributed by atoms with van der Waals surface area (Å²) >= 11 is 1.75. The Labute approximate surface area is 173 Å². The van der Waals surface area contributed by atoms with Crippen LogP contribution in [0.2, 0.25) is 0 Å². The van der Waals surface area contributed by atoms with Crippen molar-refractivity contribution in [3.63, 3.8) is 0 Å². The lowest BCUT2D eigenvalue weighted by atomic mass is 10.0. The van der Waals surface area contributed by atoms with Crippen molar-refractivity contribution in [2.45, 2.75) is 39.7 Å². The van der Waals surface area contributed by atoms with Gasteiger partial charge in [0.15, 0.2) is 0 Å². The summed E-state index contributed by atoms with van der Waals surface area (Å²) in [6.07, 6.45) is 5.31. The second-order valence-electron chi connectivity index (χ2n) is 7.30. The first-order valence-electron chi connectivity index (χ1n) is 9.60. The maximum Gasteiger partial charge on any atom is 0.129 e. The van der Waals surface area contributed by atoms with E-state index in [4.69, 9.17) is 5.73 Å². The molecule has 0 radical (unpaired) electrons.